The van der Waals surface area contributed by atoms with E-state index in [0.717, 1.165) is 29.7 Å². The van der Waals surface area contributed by atoms with Crippen molar-refractivity contribution in [1.29, 1.82) is 0 Å². The number of imidazole rings is 1. The van der Waals surface area contributed by atoms with Gasteiger partial charge in [0.25, 0.3) is 5.91 Å². The summed E-state index contributed by atoms with van der Waals surface area (Å²) in [6.07, 6.45) is -3.67. The highest BCUT2D eigenvalue weighted by molar-refractivity contribution is 7.22. The largest absolute Gasteiger partial charge is 0.573 e. The van der Waals surface area contributed by atoms with Crippen molar-refractivity contribution in [1.82, 2.24) is 24.8 Å². The third kappa shape index (κ3) is 6.81. The number of anilines is 2. The van der Waals surface area contributed by atoms with Crippen molar-refractivity contribution in [3.63, 3.8) is 0 Å². The number of aryl methyl sites for hydroxylation is 1. The van der Waals surface area contributed by atoms with Gasteiger partial charge in [-0.15, -0.1) is 13.2 Å². The molecule has 41 heavy (non-hydrogen) atoms. The monoisotopic (exact) mass is 590 g/mol. The lowest BCUT2D eigenvalue weighted by Gasteiger charge is -2.34. The maximum absolute atomic E-state index is 13.1. The molecule has 1 aliphatic rings. The molecule has 0 radical (unpaired) electrons. The zero-order valence-corrected chi connectivity index (χ0v) is 23.7. The minimum absolute atomic E-state index is 0.207. The predicted octanol–water partition coefficient (Wildman–Crippen LogP) is 5.95. The van der Waals surface area contributed by atoms with E-state index >= 15 is 0 Å². The van der Waals surface area contributed by atoms with Crippen LogP contribution in [0, 0.1) is 0 Å². The summed E-state index contributed by atoms with van der Waals surface area (Å²) in [5.41, 5.74) is 1.68. The highest BCUT2D eigenvalue weighted by Crippen LogP contribution is 2.33. The normalized spacial score (nSPS) is 16.2. The Hall–Kier alpha value is -4.07. The van der Waals surface area contributed by atoms with Crippen LogP contribution >= 0.6 is 11.3 Å². The molecule has 3 heterocycles. The smallest absolute Gasteiger partial charge is 0.444 e. The number of amides is 2. The second-order valence-electron chi connectivity index (χ2n) is 10.8. The van der Waals surface area contributed by atoms with Gasteiger partial charge in [-0.25, -0.2) is 14.8 Å². The number of hydrogen-bond acceptors (Lipinski definition) is 8. The number of ether oxygens (including phenoxy) is 2. The Morgan fingerprint density at radius 2 is 1.85 bits per heavy atom. The number of halogens is 3. The van der Waals surface area contributed by atoms with Crippen molar-refractivity contribution in [3.05, 3.63) is 42.0 Å². The van der Waals surface area contributed by atoms with Crippen LogP contribution in [0.25, 0.3) is 21.3 Å². The Kier molecular flexibility index (Phi) is 7.45. The molecule has 1 unspecified atom stereocenters. The van der Waals surface area contributed by atoms with Crippen LogP contribution in [-0.2, 0) is 11.8 Å². The van der Waals surface area contributed by atoms with E-state index in [1.165, 1.54) is 18.2 Å². The first kappa shape index (κ1) is 28.5. The van der Waals surface area contributed by atoms with Crippen LogP contribution in [0.15, 0.2) is 36.4 Å². The van der Waals surface area contributed by atoms with Crippen molar-refractivity contribution in [3.8, 4) is 5.75 Å². The fraction of sp³-hybridized carbons (Fsp3) is 0.407. The van der Waals surface area contributed by atoms with Crippen LogP contribution in [0.4, 0.5) is 29.0 Å². The molecule has 0 aliphatic carbocycles. The molecule has 10 nitrogen and oxygen atoms in total. The third-order valence-electron chi connectivity index (χ3n) is 6.36. The van der Waals surface area contributed by atoms with Crippen LogP contribution in [0.2, 0.25) is 0 Å². The van der Waals surface area contributed by atoms with Gasteiger partial charge in [0, 0.05) is 37.8 Å². The molecular weight excluding hydrogens is 561 g/mol. The maximum Gasteiger partial charge on any atom is 0.573 e. The number of fused-ring (bicyclic) bond motifs is 2. The zero-order valence-electron chi connectivity index (χ0n) is 22.8. The number of carbonyl (C=O) groups is 2. The Balaban J connectivity index is 1.28. The summed E-state index contributed by atoms with van der Waals surface area (Å²) in [4.78, 5) is 36.2. The summed E-state index contributed by atoms with van der Waals surface area (Å²) < 4.78 is 49.5. The molecule has 2 amide bonds. The minimum Gasteiger partial charge on any atom is -0.444 e. The van der Waals surface area contributed by atoms with E-state index in [9.17, 15) is 22.8 Å². The number of hydrogen-bond donors (Lipinski definition) is 2. The van der Waals surface area contributed by atoms with Crippen LogP contribution in [0.3, 0.4) is 0 Å². The summed E-state index contributed by atoms with van der Waals surface area (Å²) in [6.45, 7) is 6.39. The lowest BCUT2D eigenvalue weighted by molar-refractivity contribution is -0.274. The van der Waals surface area contributed by atoms with Gasteiger partial charge in [-0.3, -0.25) is 4.79 Å². The van der Waals surface area contributed by atoms with E-state index in [0.29, 0.717) is 45.5 Å². The first-order chi connectivity index (χ1) is 19.2. The lowest BCUT2D eigenvalue weighted by atomic mass is 10.1. The van der Waals surface area contributed by atoms with Gasteiger partial charge >= 0.3 is 12.5 Å². The molecule has 1 fully saturated rings. The fourth-order valence-electron chi connectivity index (χ4n) is 4.56. The number of aromatic nitrogens is 3. The molecule has 1 saturated heterocycles. The molecule has 1 atom stereocenters. The molecular formula is C27H29F3N6O4S. The number of carbonyl (C=O) groups excluding carboxylic acids is 2. The second-order valence-corrected chi connectivity index (χ2v) is 11.8. The standard InChI is InChI=1S/C27H29F3N6O4S/c1-26(2,3)40-25(38)36-11-5-6-16(14-36)31-22(37)15-7-10-20-19(12-15)32-23(35(20)4)34-24-33-18-9-8-17(13-21(18)41-24)39-27(28,29)30/h7-10,12-13,16H,5-6,11,14H2,1-4H3,(H,31,37)(H,32,33,34). The van der Waals surface area contributed by atoms with E-state index in [1.54, 1.807) is 34.7 Å². The van der Waals surface area contributed by atoms with Gasteiger partial charge in [0.1, 0.15) is 11.4 Å². The molecule has 2 aromatic carbocycles. The molecule has 218 valence electrons. The number of likely N-dealkylation sites (tertiary alicyclic amines) is 1. The number of nitrogens with one attached hydrogen (secondary N) is 2. The highest BCUT2D eigenvalue weighted by Gasteiger charge is 2.31. The molecule has 0 saturated carbocycles. The van der Waals surface area contributed by atoms with Crippen LogP contribution < -0.4 is 15.4 Å². The van der Waals surface area contributed by atoms with Gasteiger partial charge in [-0.2, -0.15) is 0 Å². The Morgan fingerprint density at radius 1 is 1.07 bits per heavy atom. The molecule has 1 aliphatic heterocycles. The average Bonchev–Trinajstić information content (AvgIpc) is 3.41. The maximum atomic E-state index is 13.1. The number of piperidine rings is 1. The van der Waals surface area contributed by atoms with Crippen LogP contribution in [-0.4, -0.2) is 62.5 Å². The highest BCUT2D eigenvalue weighted by atomic mass is 32.1. The van der Waals surface area contributed by atoms with Gasteiger partial charge in [0.05, 0.1) is 21.3 Å². The molecule has 4 aromatic rings. The number of alkyl halides is 3. The Morgan fingerprint density at radius 3 is 2.59 bits per heavy atom. The van der Waals surface area contributed by atoms with Crippen molar-refractivity contribution in [2.24, 2.45) is 7.05 Å². The predicted molar refractivity (Wildman–Crippen MR) is 149 cm³/mol. The Bertz CT molecular complexity index is 1610. The van der Waals surface area contributed by atoms with Gasteiger partial charge in [-0.1, -0.05) is 11.3 Å². The van der Waals surface area contributed by atoms with E-state index in [-0.39, 0.29) is 17.7 Å². The SMILES string of the molecule is Cn1c(Nc2nc3ccc(OC(F)(F)F)cc3s2)nc2cc(C(=O)NC3CCCN(C(=O)OC(C)(C)C)C3)ccc21. The van der Waals surface area contributed by atoms with Crippen molar-refractivity contribution in [2.45, 2.75) is 51.6 Å². The first-order valence-corrected chi connectivity index (χ1v) is 13.7. The Labute approximate surface area is 237 Å². The molecule has 2 N–H and O–H groups in total. The van der Waals surface area contributed by atoms with Crippen molar-refractivity contribution in [2.75, 3.05) is 18.4 Å². The van der Waals surface area contributed by atoms with Gasteiger partial charge < -0.3 is 29.6 Å². The number of benzene rings is 2. The van der Waals surface area contributed by atoms with E-state index in [2.05, 4.69) is 25.3 Å². The van der Waals surface area contributed by atoms with Gasteiger partial charge in [0.2, 0.25) is 5.95 Å². The van der Waals surface area contributed by atoms with Crippen LogP contribution in [0.1, 0.15) is 44.0 Å². The summed E-state index contributed by atoms with van der Waals surface area (Å²) in [6, 6.07) is 8.92. The number of thiazole rings is 1. The molecule has 2 aromatic heterocycles. The number of nitrogens with zero attached hydrogens (tertiary/aromatic N) is 4. The first-order valence-electron chi connectivity index (χ1n) is 12.9. The molecule has 5 rings (SSSR count). The molecule has 0 bridgehead atoms. The molecule has 0 spiro atoms. The zero-order chi connectivity index (χ0) is 29.5. The summed E-state index contributed by atoms with van der Waals surface area (Å²) in [7, 11) is 1.80. The van der Waals surface area contributed by atoms with Gasteiger partial charge in [0.15, 0.2) is 5.13 Å². The third-order valence-corrected chi connectivity index (χ3v) is 7.30. The summed E-state index contributed by atoms with van der Waals surface area (Å²) >= 11 is 1.16. The lowest BCUT2D eigenvalue weighted by Crippen LogP contribution is -2.50. The minimum atomic E-state index is -4.78. The summed E-state index contributed by atoms with van der Waals surface area (Å²) in [5.74, 6) is -0.144. The fourth-order valence-corrected chi connectivity index (χ4v) is 5.45. The van der Waals surface area contributed by atoms with Crippen molar-refractivity contribution < 1.29 is 32.2 Å². The quantitative estimate of drug-likeness (QED) is 0.295. The van der Waals surface area contributed by atoms with Gasteiger partial charge in [-0.05, 0) is 63.9 Å². The topological polar surface area (TPSA) is 111 Å². The molecule has 14 heteroatoms. The number of rotatable bonds is 5. The van der Waals surface area contributed by atoms with Crippen molar-refractivity contribution >= 4 is 55.7 Å². The average molecular weight is 591 g/mol. The van der Waals surface area contributed by atoms with E-state index in [1.807, 2.05) is 20.8 Å². The summed E-state index contributed by atoms with van der Waals surface area (Å²) in [5, 5.41) is 6.56. The van der Waals surface area contributed by atoms with Crippen LogP contribution in [0.5, 0.6) is 5.75 Å². The second kappa shape index (κ2) is 10.7. The van der Waals surface area contributed by atoms with E-state index < -0.39 is 18.1 Å². The van der Waals surface area contributed by atoms with E-state index in [4.69, 9.17) is 4.74 Å².